The molecule has 1 aliphatic rings. The van der Waals surface area contributed by atoms with Crippen LogP contribution in [0.4, 0.5) is 24.5 Å². The van der Waals surface area contributed by atoms with Gasteiger partial charge < -0.3 is 25.5 Å². The Balaban J connectivity index is 0.000000175. The lowest BCUT2D eigenvalue weighted by molar-refractivity contribution is 0.0681. The second-order valence-electron chi connectivity index (χ2n) is 13.6. The van der Waals surface area contributed by atoms with Crippen molar-refractivity contribution in [1.82, 2.24) is 9.97 Å². The van der Waals surface area contributed by atoms with Crippen molar-refractivity contribution in [2.45, 2.75) is 31.7 Å². The first-order valence-electron chi connectivity index (χ1n) is 18.4. The molecule has 0 radical (unpaired) electrons. The zero-order valence-corrected chi connectivity index (χ0v) is 35.0. The third kappa shape index (κ3) is 12.0. The van der Waals surface area contributed by atoms with E-state index in [4.69, 9.17) is 15.3 Å². The van der Waals surface area contributed by atoms with Crippen molar-refractivity contribution in [3.63, 3.8) is 0 Å². The molecule has 1 aliphatic heterocycles. The Morgan fingerprint density at radius 2 is 1.44 bits per heavy atom. The lowest BCUT2D eigenvalue weighted by atomic mass is 9.97. The molecule has 0 atom stereocenters. The molecule has 0 fully saturated rings. The Morgan fingerprint density at radius 1 is 0.754 bits per heavy atom. The maximum absolute atomic E-state index is 13.7. The van der Waals surface area contributed by atoms with Gasteiger partial charge in [-0.2, -0.15) is 0 Å². The molecule has 3 heterocycles. The average Bonchev–Trinajstić information content (AvgIpc) is 3.21. The fraction of sp³-hybridized carbons (Fsp3) is 0.159. The molecule has 4 aromatic carbocycles. The van der Waals surface area contributed by atoms with E-state index in [0.717, 1.165) is 47.5 Å². The number of anilines is 2. The molecular formula is C44H38BrF3N4O8S. The summed E-state index contributed by atoms with van der Waals surface area (Å²) < 4.78 is 64.3. The van der Waals surface area contributed by atoms with Gasteiger partial charge in [-0.1, -0.05) is 42.0 Å². The number of benzene rings is 4. The number of sulfone groups is 1. The van der Waals surface area contributed by atoms with Crippen molar-refractivity contribution in [2.75, 3.05) is 29.1 Å². The molecular weight excluding hydrogens is 881 g/mol. The van der Waals surface area contributed by atoms with E-state index in [1.807, 2.05) is 19.1 Å². The Hall–Kier alpha value is -6.59. The van der Waals surface area contributed by atoms with Crippen LogP contribution in [0.1, 0.15) is 53.5 Å². The molecule has 0 spiro atoms. The van der Waals surface area contributed by atoms with Gasteiger partial charge in [0.2, 0.25) is 0 Å². The highest BCUT2D eigenvalue weighted by atomic mass is 79.9. The number of nitrogens with one attached hydrogen (secondary N) is 1. The molecule has 316 valence electrons. The standard InChI is InChI=1S/C16H15FN2O2.C14H12BrFN2O4S.C14H11FO2/c1-10-6-14(8-18-15(10)16(20)21)19-5-4-11-7-13(17)3-2-12(11)9-19;15-13-7-11(14(19)20)12(8-18-13)17-5-6-23(21,22)10-3-1-9(16)2-4-10;1-9-6-7-11(14(16)17)12(8-9)10-4-2-3-5-13(10)15/h2-3,6-8H,4-5,9H2,1H3,(H,20,21);1-4,7-8,17H,5-6H2,(H,19,20);2-8H,1H3,(H,16,17). The number of hydrogen-bond acceptors (Lipinski definition) is 9. The molecule has 0 aliphatic carbocycles. The Labute approximate surface area is 357 Å². The predicted molar refractivity (Wildman–Crippen MR) is 226 cm³/mol. The number of halogens is 4. The van der Waals surface area contributed by atoms with E-state index in [9.17, 15) is 36.0 Å². The van der Waals surface area contributed by atoms with Gasteiger partial charge >= 0.3 is 17.9 Å². The number of aryl methyl sites for hydroxylation is 2. The highest BCUT2D eigenvalue weighted by Gasteiger charge is 2.20. The van der Waals surface area contributed by atoms with Crippen LogP contribution in [0, 0.1) is 31.3 Å². The van der Waals surface area contributed by atoms with Gasteiger partial charge in [0, 0.05) is 25.2 Å². The SMILES string of the molecule is Cc1cc(N2CCc3cc(F)ccc3C2)cnc1C(=O)O.Cc1ccc(C(=O)O)c(-c2ccccc2F)c1.O=C(O)c1cc(Br)ncc1NCCS(=O)(=O)c1ccc(F)cc1. The van der Waals surface area contributed by atoms with Gasteiger partial charge in [0.25, 0.3) is 0 Å². The number of aromatic carboxylic acids is 3. The largest absolute Gasteiger partial charge is 0.478 e. The van der Waals surface area contributed by atoms with Crippen LogP contribution < -0.4 is 10.2 Å². The summed E-state index contributed by atoms with van der Waals surface area (Å²) in [6, 6.07) is 23.6. The predicted octanol–water partition coefficient (Wildman–Crippen LogP) is 8.86. The first-order chi connectivity index (χ1) is 28.9. The summed E-state index contributed by atoms with van der Waals surface area (Å²) in [5, 5.41) is 30.0. The van der Waals surface area contributed by atoms with Crippen molar-refractivity contribution < 1.29 is 51.3 Å². The minimum Gasteiger partial charge on any atom is -0.478 e. The van der Waals surface area contributed by atoms with Crippen LogP contribution in [-0.2, 0) is 22.8 Å². The summed E-state index contributed by atoms with van der Waals surface area (Å²) in [5.74, 6) is -4.63. The van der Waals surface area contributed by atoms with Gasteiger partial charge in [0.15, 0.2) is 15.5 Å². The van der Waals surface area contributed by atoms with Crippen molar-refractivity contribution in [2.24, 2.45) is 0 Å². The van der Waals surface area contributed by atoms with Crippen LogP contribution in [0.5, 0.6) is 0 Å². The van der Waals surface area contributed by atoms with E-state index in [2.05, 4.69) is 36.1 Å². The molecule has 0 amide bonds. The van der Waals surface area contributed by atoms with E-state index >= 15 is 0 Å². The summed E-state index contributed by atoms with van der Waals surface area (Å²) in [5.41, 5.74) is 5.69. The van der Waals surface area contributed by atoms with Gasteiger partial charge in [-0.25, -0.2) is 45.9 Å². The molecule has 2 aromatic heterocycles. The monoisotopic (exact) mass is 918 g/mol. The van der Waals surface area contributed by atoms with Gasteiger partial charge in [0.1, 0.15) is 22.1 Å². The highest BCUT2D eigenvalue weighted by Crippen LogP contribution is 2.28. The first kappa shape index (κ1) is 45.5. The van der Waals surface area contributed by atoms with Gasteiger partial charge in [-0.3, -0.25) is 0 Å². The Kier molecular flexibility index (Phi) is 15.0. The molecule has 0 bridgehead atoms. The number of hydrogen-bond donors (Lipinski definition) is 4. The topological polar surface area (TPSA) is 187 Å². The summed E-state index contributed by atoms with van der Waals surface area (Å²) in [6.07, 6.45) is 3.66. The summed E-state index contributed by atoms with van der Waals surface area (Å²) in [7, 11) is -3.59. The number of pyridine rings is 2. The minimum absolute atomic E-state index is 0.00749. The lowest BCUT2D eigenvalue weighted by Gasteiger charge is -2.30. The molecule has 61 heavy (non-hydrogen) atoms. The summed E-state index contributed by atoms with van der Waals surface area (Å²) >= 11 is 3.07. The second-order valence-corrected chi connectivity index (χ2v) is 16.6. The third-order valence-electron chi connectivity index (χ3n) is 9.34. The number of rotatable bonds is 10. The van der Waals surface area contributed by atoms with Crippen molar-refractivity contribution in [3.05, 3.63) is 171 Å². The number of carboxylic acid groups (broad SMARTS) is 3. The van der Waals surface area contributed by atoms with Crippen LogP contribution >= 0.6 is 15.9 Å². The van der Waals surface area contributed by atoms with Gasteiger partial charge in [-0.15, -0.1) is 0 Å². The van der Waals surface area contributed by atoms with E-state index in [1.54, 1.807) is 49.5 Å². The Morgan fingerprint density at radius 3 is 2.10 bits per heavy atom. The number of nitrogens with zero attached hydrogens (tertiary/aromatic N) is 3. The minimum atomic E-state index is -3.59. The van der Waals surface area contributed by atoms with E-state index < -0.39 is 39.4 Å². The Bertz CT molecular complexity index is 2700. The van der Waals surface area contributed by atoms with Crippen LogP contribution in [0.15, 0.2) is 119 Å². The molecule has 0 saturated carbocycles. The molecule has 0 saturated heterocycles. The van der Waals surface area contributed by atoms with Crippen molar-refractivity contribution in [1.29, 1.82) is 0 Å². The zero-order chi connectivity index (χ0) is 44.4. The summed E-state index contributed by atoms with van der Waals surface area (Å²) in [4.78, 5) is 43.3. The highest BCUT2D eigenvalue weighted by molar-refractivity contribution is 9.10. The maximum atomic E-state index is 13.7. The first-order valence-corrected chi connectivity index (χ1v) is 20.8. The average molecular weight is 920 g/mol. The van der Waals surface area contributed by atoms with Crippen molar-refractivity contribution >= 4 is 55.0 Å². The quantitative estimate of drug-likeness (QED) is 0.0757. The molecule has 0 unspecified atom stereocenters. The van der Waals surface area contributed by atoms with Crippen LogP contribution in [0.2, 0.25) is 0 Å². The smallest absolute Gasteiger partial charge is 0.354 e. The molecule has 7 rings (SSSR count). The number of carbonyl (C=O) groups is 3. The van der Waals surface area contributed by atoms with Crippen LogP contribution in [0.3, 0.4) is 0 Å². The zero-order valence-electron chi connectivity index (χ0n) is 32.6. The molecule has 4 N–H and O–H groups in total. The van der Waals surface area contributed by atoms with Gasteiger partial charge in [0.05, 0.1) is 45.5 Å². The lowest BCUT2D eigenvalue weighted by Crippen LogP contribution is -2.30. The fourth-order valence-corrected chi connectivity index (χ4v) is 7.76. The summed E-state index contributed by atoms with van der Waals surface area (Å²) in [6.45, 7) is 5.03. The maximum Gasteiger partial charge on any atom is 0.354 e. The molecule has 17 heteroatoms. The normalized spacial score (nSPS) is 11.9. The van der Waals surface area contributed by atoms with Crippen LogP contribution in [0.25, 0.3) is 11.1 Å². The van der Waals surface area contributed by atoms with Gasteiger partial charge in [-0.05, 0) is 119 Å². The van der Waals surface area contributed by atoms with Crippen molar-refractivity contribution in [3.8, 4) is 11.1 Å². The number of aromatic nitrogens is 2. The van der Waals surface area contributed by atoms with E-state index in [1.165, 1.54) is 42.6 Å². The van der Waals surface area contributed by atoms with E-state index in [0.29, 0.717) is 27.8 Å². The molecule has 6 aromatic rings. The third-order valence-corrected chi connectivity index (χ3v) is 11.5. The second kappa shape index (κ2) is 20.1. The number of fused-ring (bicyclic) bond motifs is 1. The molecule has 12 nitrogen and oxygen atoms in total. The van der Waals surface area contributed by atoms with E-state index in [-0.39, 0.29) is 45.5 Å². The fourth-order valence-electron chi connectivity index (χ4n) is 6.27. The van der Waals surface area contributed by atoms with Crippen LogP contribution in [-0.4, -0.2) is 70.5 Å². The number of carboxylic acids is 3.